The van der Waals surface area contributed by atoms with E-state index >= 15 is 0 Å². The maximum atomic E-state index is 12.8. The van der Waals surface area contributed by atoms with Crippen LogP contribution in [-0.4, -0.2) is 97.4 Å². The van der Waals surface area contributed by atoms with E-state index in [0.29, 0.717) is 18.1 Å². The van der Waals surface area contributed by atoms with Crippen molar-refractivity contribution >= 4 is 28.9 Å². The Kier molecular flexibility index (Phi) is 8.61. The highest BCUT2D eigenvalue weighted by Crippen LogP contribution is 2.38. The smallest absolute Gasteiger partial charge is 0.323 e. The van der Waals surface area contributed by atoms with E-state index in [-0.39, 0.29) is 6.03 Å². The molecule has 2 N–H and O–H groups in total. The number of rotatable bonds is 7. The molecule has 238 valence electrons. The molecule has 4 aliphatic heterocycles. The Bertz CT molecular complexity index is 1470. The Hall–Kier alpha value is -3.73. The molecule has 0 saturated carbocycles. The number of carbonyl (C=O) groups excluding carboxylic acids is 1. The number of hydrogen-bond donors (Lipinski definition) is 2. The molecule has 1 aromatic heterocycles. The van der Waals surface area contributed by atoms with Gasteiger partial charge in [0.05, 0.1) is 31.0 Å². The highest BCUT2D eigenvalue weighted by molar-refractivity contribution is 6.00. The predicted octanol–water partition coefficient (Wildman–Crippen LogP) is 5.06. The topological polar surface area (TPSA) is 89.1 Å². The number of aromatic nitrogens is 2. The van der Waals surface area contributed by atoms with Crippen LogP contribution in [0.15, 0.2) is 48.5 Å². The quantitative estimate of drug-likeness (QED) is 0.384. The Morgan fingerprint density at radius 1 is 0.889 bits per heavy atom. The molecule has 45 heavy (non-hydrogen) atoms. The number of ether oxygens (including phenoxy) is 1. The fourth-order valence-electron chi connectivity index (χ4n) is 7.44. The molecule has 2 bridgehead atoms. The average molecular weight is 611 g/mol. The number of anilines is 4. The van der Waals surface area contributed by atoms with Gasteiger partial charge in [0.15, 0.2) is 5.82 Å². The number of fused-ring (bicyclic) bond motifs is 3. The van der Waals surface area contributed by atoms with Gasteiger partial charge < -0.3 is 30.1 Å². The third kappa shape index (κ3) is 6.36. The highest BCUT2D eigenvalue weighted by Gasteiger charge is 2.40. The summed E-state index contributed by atoms with van der Waals surface area (Å²) in [7, 11) is 4.32. The van der Waals surface area contributed by atoms with Gasteiger partial charge >= 0.3 is 6.03 Å². The van der Waals surface area contributed by atoms with Gasteiger partial charge in [-0.3, -0.25) is 4.90 Å². The van der Waals surface area contributed by atoms with Crippen LogP contribution in [0.4, 0.5) is 27.7 Å². The summed E-state index contributed by atoms with van der Waals surface area (Å²) in [6, 6.07) is 17.2. The van der Waals surface area contributed by atoms with E-state index in [9.17, 15) is 4.79 Å². The minimum Gasteiger partial charge on any atom is -0.377 e. The molecule has 0 aliphatic carbocycles. The van der Waals surface area contributed by atoms with Crippen molar-refractivity contribution in [3.63, 3.8) is 0 Å². The van der Waals surface area contributed by atoms with Crippen molar-refractivity contribution in [2.45, 2.75) is 63.7 Å². The largest absolute Gasteiger partial charge is 0.377 e. The lowest BCUT2D eigenvalue weighted by atomic mass is 10.0. The van der Waals surface area contributed by atoms with Crippen LogP contribution in [0.2, 0.25) is 0 Å². The van der Waals surface area contributed by atoms with Crippen LogP contribution in [-0.2, 0) is 17.7 Å². The monoisotopic (exact) mass is 610 g/mol. The van der Waals surface area contributed by atoms with E-state index in [0.717, 1.165) is 99.5 Å². The lowest BCUT2D eigenvalue weighted by Crippen LogP contribution is -2.47. The minimum atomic E-state index is -0.267. The van der Waals surface area contributed by atoms with Crippen LogP contribution < -0.4 is 20.4 Å². The third-order valence-electron chi connectivity index (χ3n) is 10.1. The standard InChI is InChI=1S/C35H46N8O2/c1-4-41-18-17-31-32(21-41)38-33(39-34(31)43-29-13-14-30(43)23-45-22-29)24-5-7-25(8-6-24)36-35(44)37-26-9-11-28(12-10-26)42-19-15-27(16-20-42)40(2)3/h5-12,27,29-30H,4,13-23H2,1-3H3,(H2,36,37,44). The molecule has 10 heteroatoms. The zero-order chi connectivity index (χ0) is 30.9. The van der Waals surface area contributed by atoms with Crippen molar-refractivity contribution in [2.75, 3.05) is 73.9 Å². The zero-order valence-corrected chi connectivity index (χ0v) is 26.8. The number of urea groups is 1. The van der Waals surface area contributed by atoms with Crippen molar-refractivity contribution in [2.24, 2.45) is 0 Å². The van der Waals surface area contributed by atoms with E-state index in [1.54, 1.807) is 0 Å². The van der Waals surface area contributed by atoms with Gasteiger partial charge in [0.1, 0.15) is 5.82 Å². The summed E-state index contributed by atoms with van der Waals surface area (Å²) in [5.74, 6) is 1.85. The van der Waals surface area contributed by atoms with Crippen LogP contribution in [0.1, 0.15) is 43.9 Å². The first-order valence-corrected chi connectivity index (χ1v) is 16.6. The van der Waals surface area contributed by atoms with Crippen molar-refractivity contribution in [3.8, 4) is 11.4 Å². The van der Waals surface area contributed by atoms with Crippen LogP contribution in [0.5, 0.6) is 0 Å². The molecule has 3 fully saturated rings. The summed E-state index contributed by atoms with van der Waals surface area (Å²) >= 11 is 0. The fourth-order valence-corrected chi connectivity index (χ4v) is 7.44. The molecular weight excluding hydrogens is 564 g/mol. The van der Waals surface area contributed by atoms with Crippen molar-refractivity contribution in [1.29, 1.82) is 0 Å². The second kappa shape index (κ2) is 12.9. The van der Waals surface area contributed by atoms with Crippen LogP contribution >= 0.6 is 0 Å². The molecular formula is C35H46N8O2. The maximum absolute atomic E-state index is 12.8. The Morgan fingerprint density at radius 2 is 1.53 bits per heavy atom. The van der Waals surface area contributed by atoms with Gasteiger partial charge in [0, 0.05) is 60.4 Å². The number of morpholine rings is 1. The molecule has 0 radical (unpaired) electrons. The predicted molar refractivity (Wildman–Crippen MR) is 180 cm³/mol. The Labute approximate surface area is 266 Å². The molecule has 3 saturated heterocycles. The summed E-state index contributed by atoms with van der Waals surface area (Å²) < 4.78 is 5.89. The molecule has 0 spiro atoms. The second-order valence-corrected chi connectivity index (χ2v) is 13.1. The van der Waals surface area contributed by atoms with E-state index in [1.807, 2.05) is 36.4 Å². The first kappa shape index (κ1) is 30.0. The van der Waals surface area contributed by atoms with Gasteiger partial charge in [0.25, 0.3) is 0 Å². The number of amides is 2. The number of likely N-dealkylation sites (N-methyl/N-ethyl adjacent to an activating group) is 1. The normalized spacial score (nSPS) is 22.0. The number of carbonyl (C=O) groups is 1. The number of nitrogens with zero attached hydrogens (tertiary/aromatic N) is 6. The molecule has 5 heterocycles. The molecule has 2 unspecified atom stereocenters. The fraction of sp³-hybridized carbons (Fsp3) is 0.514. The van der Waals surface area contributed by atoms with E-state index in [4.69, 9.17) is 14.7 Å². The Balaban J connectivity index is 1.02. The highest BCUT2D eigenvalue weighted by atomic mass is 16.5. The SMILES string of the molecule is CCN1CCc2c(nc(-c3ccc(NC(=O)Nc4ccc(N5CCC(N(C)C)CC5)cc4)cc3)nc2N2C3CCC2COC3)C1. The number of piperidine rings is 1. The summed E-state index contributed by atoms with van der Waals surface area (Å²) in [5, 5.41) is 5.94. The summed E-state index contributed by atoms with van der Waals surface area (Å²) in [4.78, 5) is 32.9. The molecule has 2 amide bonds. The first-order chi connectivity index (χ1) is 21.9. The van der Waals surface area contributed by atoms with Crippen LogP contribution in [0.3, 0.4) is 0 Å². The van der Waals surface area contributed by atoms with Gasteiger partial charge in [-0.25, -0.2) is 14.8 Å². The lowest BCUT2D eigenvalue weighted by Gasteiger charge is -2.38. The van der Waals surface area contributed by atoms with E-state index in [2.05, 4.69) is 63.4 Å². The summed E-state index contributed by atoms with van der Waals surface area (Å²) in [6.45, 7) is 8.76. The molecule has 10 nitrogen and oxygen atoms in total. The second-order valence-electron chi connectivity index (χ2n) is 13.1. The van der Waals surface area contributed by atoms with Gasteiger partial charge in [-0.2, -0.15) is 0 Å². The average Bonchev–Trinajstić information content (AvgIpc) is 3.31. The van der Waals surface area contributed by atoms with Gasteiger partial charge in [0.2, 0.25) is 0 Å². The van der Waals surface area contributed by atoms with E-state index < -0.39 is 0 Å². The van der Waals surface area contributed by atoms with Crippen molar-refractivity contribution < 1.29 is 9.53 Å². The first-order valence-electron chi connectivity index (χ1n) is 16.6. The third-order valence-corrected chi connectivity index (χ3v) is 10.1. The molecule has 7 rings (SSSR count). The molecule has 2 atom stereocenters. The van der Waals surface area contributed by atoms with Crippen molar-refractivity contribution in [3.05, 3.63) is 59.8 Å². The van der Waals surface area contributed by atoms with Crippen LogP contribution in [0.25, 0.3) is 11.4 Å². The number of hydrogen-bond acceptors (Lipinski definition) is 8. The maximum Gasteiger partial charge on any atom is 0.323 e. The number of benzene rings is 2. The summed E-state index contributed by atoms with van der Waals surface area (Å²) in [6.07, 6.45) is 5.62. The van der Waals surface area contributed by atoms with Gasteiger partial charge in [-0.05, 0) is 101 Å². The van der Waals surface area contributed by atoms with E-state index in [1.165, 1.54) is 24.1 Å². The minimum absolute atomic E-state index is 0.267. The van der Waals surface area contributed by atoms with Crippen LogP contribution in [0, 0.1) is 0 Å². The lowest BCUT2D eigenvalue weighted by molar-refractivity contribution is 0.0900. The number of nitrogens with one attached hydrogen (secondary N) is 2. The molecule has 3 aromatic rings. The molecule has 4 aliphatic rings. The van der Waals surface area contributed by atoms with Gasteiger partial charge in [-0.1, -0.05) is 6.92 Å². The molecule has 2 aromatic carbocycles. The summed E-state index contributed by atoms with van der Waals surface area (Å²) in [5.41, 5.74) is 6.08. The van der Waals surface area contributed by atoms with Gasteiger partial charge in [-0.15, -0.1) is 0 Å². The Morgan fingerprint density at radius 3 is 2.16 bits per heavy atom. The zero-order valence-electron chi connectivity index (χ0n) is 26.8. The van der Waals surface area contributed by atoms with Crippen molar-refractivity contribution in [1.82, 2.24) is 19.8 Å².